The van der Waals surface area contributed by atoms with Crippen LogP contribution in [-0.4, -0.2) is 29.1 Å². The van der Waals surface area contributed by atoms with Crippen LogP contribution < -0.4 is 4.90 Å². The summed E-state index contributed by atoms with van der Waals surface area (Å²) in [7, 11) is 1.72. The number of hydrogen-bond acceptors (Lipinski definition) is 3. The summed E-state index contributed by atoms with van der Waals surface area (Å²) in [6.07, 6.45) is 1.72. The Labute approximate surface area is 83.2 Å². The normalized spacial score (nSPS) is 12.2. The lowest BCUT2D eigenvalue weighted by molar-refractivity contribution is -0.138. The van der Waals surface area contributed by atoms with Gasteiger partial charge in [-0.3, -0.25) is 0 Å². The molecule has 0 amide bonds. The standard InChI is InChI=1S/C10H14N2O2/c1-7-4-5-9(11-6-7)12(3)8(2)10(13)14/h4-6,8H,1-3H3,(H,13,14). The Morgan fingerprint density at radius 3 is 2.64 bits per heavy atom. The first-order valence-electron chi connectivity index (χ1n) is 4.40. The number of anilines is 1. The molecule has 4 heteroatoms. The lowest BCUT2D eigenvalue weighted by Gasteiger charge is -2.22. The summed E-state index contributed by atoms with van der Waals surface area (Å²) in [5, 5.41) is 8.80. The Bertz CT molecular complexity index is 321. The van der Waals surface area contributed by atoms with Crippen LogP contribution in [0.15, 0.2) is 18.3 Å². The Balaban J connectivity index is 2.84. The molecular weight excluding hydrogens is 180 g/mol. The highest BCUT2D eigenvalue weighted by molar-refractivity contribution is 5.76. The zero-order chi connectivity index (χ0) is 10.7. The Kier molecular flexibility index (Phi) is 3.06. The third-order valence-electron chi connectivity index (χ3n) is 2.20. The van der Waals surface area contributed by atoms with Gasteiger partial charge in [-0.2, -0.15) is 0 Å². The van der Waals surface area contributed by atoms with Gasteiger partial charge in [-0.1, -0.05) is 6.07 Å². The van der Waals surface area contributed by atoms with E-state index in [0.29, 0.717) is 5.82 Å². The molecule has 0 spiro atoms. The first-order chi connectivity index (χ1) is 6.52. The Morgan fingerprint density at radius 1 is 1.57 bits per heavy atom. The lowest BCUT2D eigenvalue weighted by atomic mass is 10.2. The molecule has 0 aliphatic carbocycles. The van der Waals surface area contributed by atoms with Crippen molar-refractivity contribution in [1.82, 2.24) is 4.98 Å². The van der Waals surface area contributed by atoms with Crippen LogP contribution in [0.5, 0.6) is 0 Å². The van der Waals surface area contributed by atoms with Crippen molar-refractivity contribution in [2.75, 3.05) is 11.9 Å². The average Bonchev–Trinajstić information content (AvgIpc) is 2.16. The average molecular weight is 194 g/mol. The maximum atomic E-state index is 10.7. The van der Waals surface area contributed by atoms with Gasteiger partial charge < -0.3 is 10.0 Å². The quantitative estimate of drug-likeness (QED) is 0.788. The molecule has 1 unspecified atom stereocenters. The number of aryl methyl sites for hydroxylation is 1. The van der Waals surface area contributed by atoms with Crippen LogP contribution in [0, 0.1) is 6.92 Å². The molecular formula is C10H14N2O2. The molecule has 1 atom stereocenters. The summed E-state index contributed by atoms with van der Waals surface area (Å²) in [6.45, 7) is 3.57. The summed E-state index contributed by atoms with van der Waals surface area (Å²) in [4.78, 5) is 16.5. The second-order valence-electron chi connectivity index (χ2n) is 3.32. The van der Waals surface area contributed by atoms with Gasteiger partial charge in [-0.15, -0.1) is 0 Å². The van der Waals surface area contributed by atoms with Crippen molar-refractivity contribution in [2.24, 2.45) is 0 Å². The molecule has 76 valence electrons. The van der Waals surface area contributed by atoms with Gasteiger partial charge in [0.1, 0.15) is 11.9 Å². The van der Waals surface area contributed by atoms with Crippen LogP contribution in [0.4, 0.5) is 5.82 Å². The van der Waals surface area contributed by atoms with E-state index in [1.165, 1.54) is 0 Å². The van der Waals surface area contributed by atoms with Gasteiger partial charge >= 0.3 is 5.97 Å². The van der Waals surface area contributed by atoms with Gasteiger partial charge in [0, 0.05) is 13.2 Å². The number of carbonyl (C=O) groups is 1. The monoisotopic (exact) mass is 194 g/mol. The molecule has 14 heavy (non-hydrogen) atoms. The van der Waals surface area contributed by atoms with Gasteiger partial charge in [0.15, 0.2) is 0 Å². The highest BCUT2D eigenvalue weighted by Gasteiger charge is 2.17. The largest absolute Gasteiger partial charge is 0.480 e. The van der Waals surface area contributed by atoms with E-state index >= 15 is 0 Å². The summed E-state index contributed by atoms with van der Waals surface area (Å²) in [5.74, 6) is -0.180. The van der Waals surface area contributed by atoms with Crippen LogP contribution in [0.3, 0.4) is 0 Å². The van der Waals surface area contributed by atoms with Gasteiger partial charge in [0.25, 0.3) is 0 Å². The molecule has 0 aromatic carbocycles. The molecule has 0 aliphatic heterocycles. The second kappa shape index (κ2) is 4.09. The fourth-order valence-corrected chi connectivity index (χ4v) is 1.03. The van der Waals surface area contributed by atoms with E-state index in [-0.39, 0.29) is 0 Å². The number of aromatic nitrogens is 1. The van der Waals surface area contributed by atoms with E-state index in [1.54, 1.807) is 25.1 Å². The second-order valence-corrected chi connectivity index (χ2v) is 3.32. The molecule has 1 aromatic heterocycles. The maximum absolute atomic E-state index is 10.7. The fourth-order valence-electron chi connectivity index (χ4n) is 1.03. The van der Waals surface area contributed by atoms with Crippen LogP contribution in [-0.2, 0) is 4.79 Å². The first kappa shape index (κ1) is 10.5. The van der Waals surface area contributed by atoms with E-state index in [2.05, 4.69) is 4.98 Å². The number of rotatable bonds is 3. The fraction of sp³-hybridized carbons (Fsp3) is 0.400. The molecule has 0 bridgehead atoms. The molecule has 0 radical (unpaired) electrons. The van der Waals surface area contributed by atoms with Crippen molar-refractivity contribution in [2.45, 2.75) is 19.9 Å². The molecule has 1 heterocycles. The highest BCUT2D eigenvalue weighted by Crippen LogP contribution is 2.11. The number of nitrogens with zero attached hydrogens (tertiary/aromatic N) is 2. The molecule has 0 saturated carbocycles. The Morgan fingerprint density at radius 2 is 2.21 bits per heavy atom. The van der Waals surface area contributed by atoms with Gasteiger partial charge in [-0.25, -0.2) is 9.78 Å². The van der Waals surface area contributed by atoms with Crippen LogP contribution in [0.1, 0.15) is 12.5 Å². The molecule has 4 nitrogen and oxygen atoms in total. The van der Waals surface area contributed by atoms with Crippen LogP contribution >= 0.6 is 0 Å². The van der Waals surface area contributed by atoms with Gasteiger partial charge in [-0.05, 0) is 25.5 Å². The summed E-state index contributed by atoms with van der Waals surface area (Å²) < 4.78 is 0. The zero-order valence-electron chi connectivity index (χ0n) is 8.56. The van der Waals surface area contributed by atoms with E-state index in [0.717, 1.165) is 5.56 Å². The lowest BCUT2D eigenvalue weighted by Crippen LogP contribution is -2.36. The summed E-state index contributed by atoms with van der Waals surface area (Å²) in [6, 6.07) is 3.16. The highest BCUT2D eigenvalue weighted by atomic mass is 16.4. The van der Waals surface area contributed by atoms with Crippen molar-refractivity contribution in [3.63, 3.8) is 0 Å². The predicted molar refractivity (Wildman–Crippen MR) is 54.5 cm³/mol. The van der Waals surface area contributed by atoms with Crippen molar-refractivity contribution in [3.8, 4) is 0 Å². The number of hydrogen-bond donors (Lipinski definition) is 1. The third kappa shape index (κ3) is 2.22. The van der Waals surface area contributed by atoms with E-state index in [1.807, 2.05) is 19.1 Å². The predicted octanol–water partition coefficient (Wildman–Crippen LogP) is 1.30. The zero-order valence-corrected chi connectivity index (χ0v) is 8.56. The molecule has 0 saturated heterocycles. The molecule has 0 aliphatic rings. The molecule has 1 rings (SSSR count). The van der Waals surface area contributed by atoms with Gasteiger partial charge in [0.05, 0.1) is 0 Å². The van der Waals surface area contributed by atoms with Gasteiger partial charge in [0.2, 0.25) is 0 Å². The van der Waals surface area contributed by atoms with E-state index in [4.69, 9.17) is 5.11 Å². The minimum absolute atomic E-state index is 0.565. The van der Waals surface area contributed by atoms with E-state index in [9.17, 15) is 4.79 Å². The topological polar surface area (TPSA) is 53.4 Å². The summed E-state index contributed by atoms with van der Waals surface area (Å²) >= 11 is 0. The minimum Gasteiger partial charge on any atom is -0.480 e. The van der Waals surface area contributed by atoms with Crippen LogP contribution in [0.2, 0.25) is 0 Å². The number of aliphatic carboxylic acids is 1. The minimum atomic E-state index is -0.852. The number of likely N-dealkylation sites (N-methyl/N-ethyl adjacent to an activating group) is 1. The van der Waals surface area contributed by atoms with Crippen LogP contribution in [0.25, 0.3) is 0 Å². The maximum Gasteiger partial charge on any atom is 0.326 e. The van der Waals surface area contributed by atoms with Crippen molar-refractivity contribution in [1.29, 1.82) is 0 Å². The number of pyridine rings is 1. The first-order valence-corrected chi connectivity index (χ1v) is 4.40. The summed E-state index contributed by atoms with van der Waals surface area (Å²) in [5.41, 5.74) is 1.06. The number of carboxylic acid groups (broad SMARTS) is 1. The van der Waals surface area contributed by atoms with Crippen molar-refractivity contribution in [3.05, 3.63) is 23.9 Å². The molecule has 1 aromatic rings. The Hall–Kier alpha value is -1.58. The van der Waals surface area contributed by atoms with Crippen molar-refractivity contribution >= 4 is 11.8 Å². The number of carboxylic acids is 1. The van der Waals surface area contributed by atoms with E-state index < -0.39 is 12.0 Å². The molecule has 1 N–H and O–H groups in total. The third-order valence-corrected chi connectivity index (χ3v) is 2.20. The molecule has 0 fully saturated rings. The smallest absolute Gasteiger partial charge is 0.326 e. The van der Waals surface area contributed by atoms with Crippen molar-refractivity contribution < 1.29 is 9.90 Å². The SMILES string of the molecule is Cc1ccc(N(C)C(C)C(=O)O)nc1.